The zero-order chi connectivity index (χ0) is 32.4. The molecule has 0 aliphatic heterocycles. The van der Waals surface area contributed by atoms with Gasteiger partial charge >= 0.3 is 11.9 Å². The van der Waals surface area contributed by atoms with Crippen molar-refractivity contribution >= 4 is 32.7 Å². The minimum Gasteiger partial charge on any atom is -0.464 e. The number of hydrogen-bond acceptors (Lipinski definition) is 6. The molecule has 0 unspecified atom stereocenters. The average molecular weight is 624 g/mol. The summed E-state index contributed by atoms with van der Waals surface area (Å²) in [5.74, 6) is -2.17. The van der Waals surface area contributed by atoms with Gasteiger partial charge < -0.3 is 9.47 Å². The Labute approximate surface area is 264 Å². The first-order valence-electron chi connectivity index (χ1n) is 14.7. The number of fused-ring (bicyclic) bond motifs is 1. The highest BCUT2D eigenvalue weighted by molar-refractivity contribution is 7.89. The third kappa shape index (κ3) is 6.56. The molecule has 0 bridgehead atoms. The van der Waals surface area contributed by atoms with Gasteiger partial charge in [-0.15, -0.1) is 0 Å². The van der Waals surface area contributed by atoms with E-state index in [2.05, 4.69) is 4.72 Å². The molecule has 0 heterocycles. The summed E-state index contributed by atoms with van der Waals surface area (Å²) in [5.41, 5.74) is 0.371. The SMILES string of the molecule is COC(=O)/C(NS(=O)(=O)c1ccc(C)cc1)=C1/C=C[C@](Cc2cccc3ccccc23)(C(=O)OC(C)(C)C)[C@H]1c1ccccc1. The Morgan fingerprint density at radius 1 is 0.867 bits per heavy atom. The van der Waals surface area contributed by atoms with Crippen LogP contribution in [0.5, 0.6) is 0 Å². The summed E-state index contributed by atoms with van der Waals surface area (Å²) in [5, 5.41) is 2.00. The van der Waals surface area contributed by atoms with E-state index in [-0.39, 0.29) is 17.0 Å². The summed E-state index contributed by atoms with van der Waals surface area (Å²) in [6.07, 6.45) is 3.62. The Kier molecular flexibility index (Phi) is 8.72. The lowest BCUT2D eigenvalue weighted by molar-refractivity contribution is -0.165. The smallest absolute Gasteiger partial charge is 0.355 e. The van der Waals surface area contributed by atoms with Crippen LogP contribution in [0.3, 0.4) is 0 Å². The monoisotopic (exact) mass is 623 g/mol. The van der Waals surface area contributed by atoms with Gasteiger partial charge in [-0.1, -0.05) is 103 Å². The van der Waals surface area contributed by atoms with E-state index in [1.807, 2.05) is 79.7 Å². The van der Waals surface area contributed by atoms with Crippen molar-refractivity contribution in [3.63, 3.8) is 0 Å². The van der Waals surface area contributed by atoms with Crippen LogP contribution in [0.15, 0.2) is 125 Å². The molecule has 0 amide bonds. The van der Waals surface area contributed by atoms with Crippen LogP contribution in [-0.4, -0.2) is 33.1 Å². The van der Waals surface area contributed by atoms with Crippen LogP contribution in [0.25, 0.3) is 10.8 Å². The van der Waals surface area contributed by atoms with Gasteiger partial charge in [-0.2, -0.15) is 0 Å². The van der Waals surface area contributed by atoms with E-state index in [0.717, 1.165) is 21.9 Å². The van der Waals surface area contributed by atoms with E-state index in [1.54, 1.807) is 45.1 Å². The van der Waals surface area contributed by atoms with Crippen LogP contribution in [-0.2, 0) is 35.5 Å². The molecule has 5 rings (SSSR count). The van der Waals surface area contributed by atoms with Crippen molar-refractivity contribution in [3.8, 4) is 0 Å². The fourth-order valence-corrected chi connectivity index (χ4v) is 6.93. The minimum atomic E-state index is -4.21. The van der Waals surface area contributed by atoms with Crippen molar-refractivity contribution in [1.29, 1.82) is 0 Å². The van der Waals surface area contributed by atoms with E-state index < -0.39 is 38.9 Å². The molecule has 0 saturated heterocycles. The molecule has 45 heavy (non-hydrogen) atoms. The standard InChI is InChI=1S/C37H37NO6S/c1-25-18-20-29(21-19-25)45(41,42)38-33(34(39)43-5)31-22-23-37(35(40)44-36(2,3)4,32(31)27-13-7-6-8-14-27)24-28-16-11-15-26-12-9-10-17-30(26)28/h6-23,32,38H,24H2,1-5H3/b33-31+/t32-,37+/m0/s1. The summed E-state index contributed by atoms with van der Waals surface area (Å²) in [6, 6.07) is 29.5. The molecular weight excluding hydrogens is 586 g/mol. The molecule has 4 aromatic rings. The third-order valence-electron chi connectivity index (χ3n) is 7.91. The van der Waals surface area contributed by atoms with Crippen LogP contribution in [0, 0.1) is 12.3 Å². The lowest BCUT2D eigenvalue weighted by atomic mass is 9.68. The molecule has 1 N–H and O–H groups in total. The Hall–Kier alpha value is -4.69. The lowest BCUT2D eigenvalue weighted by Crippen LogP contribution is -2.42. The maximum Gasteiger partial charge on any atom is 0.355 e. The third-order valence-corrected chi connectivity index (χ3v) is 9.27. The van der Waals surface area contributed by atoms with Crippen LogP contribution < -0.4 is 4.72 Å². The van der Waals surface area contributed by atoms with E-state index in [0.29, 0.717) is 11.1 Å². The Morgan fingerprint density at radius 2 is 1.51 bits per heavy atom. The maximum absolute atomic E-state index is 14.5. The molecule has 0 fully saturated rings. The molecule has 1 aliphatic rings. The zero-order valence-electron chi connectivity index (χ0n) is 26.0. The molecule has 4 aromatic carbocycles. The van der Waals surface area contributed by atoms with Crippen LogP contribution in [0.2, 0.25) is 0 Å². The van der Waals surface area contributed by atoms with Crippen molar-refractivity contribution in [3.05, 3.63) is 137 Å². The summed E-state index contributed by atoms with van der Waals surface area (Å²) >= 11 is 0. The number of carbonyl (C=O) groups is 2. The van der Waals surface area contributed by atoms with Gasteiger partial charge in [-0.05, 0) is 73.7 Å². The summed E-state index contributed by atoms with van der Waals surface area (Å²) in [7, 11) is -3.02. The molecule has 1 aliphatic carbocycles. The zero-order valence-corrected chi connectivity index (χ0v) is 26.9. The van der Waals surface area contributed by atoms with Crippen molar-refractivity contribution < 1.29 is 27.5 Å². The highest BCUT2D eigenvalue weighted by Gasteiger charge is 2.52. The van der Waals surface area contributed by atoms with Crippen LogP contribution >= 0.6 is 0 Å². The number of allylic oxidation sites excluding steroid dienone is 2. The molecule has 232 valence electrons. The lowest BCUT2D eigenvalue weighted by Gasteiger charge is -2.37. The van der Waals surface area contributed by atoms with Gasteiger partial charge in [0.2, 0.25) is 0 Å². The Bertz CT molecular complexity index is 1900. The number of nitrogens with one attached hydrogen (secondary N) is 1. The van der Waals surface area contributed by atoms with E-state index in [4.69, 9.17) is 9.47 Å². The first-order chi connectivity index (χ1) is 21.3. The second-order valence-electron chi connectivity index (χ2n) is 12.3. The summed E-state index contributed by atoms with van der Waals surface area (Å²) in [4.78, 5) is 27.9. The quantitative estimate of drug-likeness (QED) is 0.172. The number of aryl methyl sites for hydroxylation is 1. The van der Waals surface area contributed by atoms with Crippen molar-refractivity contribution in [1.82, 2.24) is 4.72 Å². The minimum absolute atomic E-state index is 0.0116. The van der Waals surface area contributed by atoms with Gasteiger partial charge in [0.05, 0.1) is 12.0 Å². The molecule has 0 spiro atoms. The molecular formula is C37H37NO6S. The topological polar surface area (TPSA) is 98.8 Å². The average Bonchev–Trinajstić information content (AvgIpc) is 3.39. The highest BCUT2D eigenvalue weighted by Crippen LogP contribution is 2.53. The van der Waals surface area contributed by atoms with Gasteiger partial charge in [-0.25, -0.2) is 13.2 Å². The van der Waals surface area contributed by atoms with Gasteiger partial charge in [0.15, 0.2) is 0 Å². The normalized spacial score (nSPS) is 19.3. The number of ether oxygens (including phenoxy) is 2. The molecule has 0 aromatic heterocycles. The molecule has 7 nitrogen and oxygen atoms in total. The number of benzene rings is 4. The molecule has 8 heteroatoms. The van der Waals surface area contributed by atoms with Crippen molar-refractivity contribution in [2.45, 2.75) is 50.5 Å². The Balaban J connectivity index is 1.75. The van der Waals surface area contributed by atoms with E-state index >= 15 is 0 Å². The predicted molar refractivity (Wildman–Crippen MR) is 175 cm³/mol. The first kappa shape index (κ1) is 31.7. The largest absolute Gasteiger partial charge is 0.464 e. The molecule has 0 saturated carbocycles. The number of esters is 2. The molecule has 2 atom stereocenters. The molecule has 0 radical (unpaired) electrons. The van der Waals surface area contributed by atoms with Gasteiger partial charge in [0.25, 0.3) is 10.0 Å². The van der Waals surface area contributed by atoms with E-state index in [1.165, 1.54) is 19.2 Å². The number of methoxy groups -OCH3 is 1. The van der Waals surface area contributed by atoms with Gasteiger partial charge in [0.1, 0.15) is 16.7 Å². The van der Waals surface area contributed by atoms with Crippen molar-refractivity contribution in [2.75, 3.05) is 7.11 Å². The second kappa shape index (κ2) is 12.4. The number of carbonyl (C=O) groups excluding carboxylic acids is 2. The summed E-state index contributed by atoms with van der Waals surface area (Å²) < 4.78 is 41.0. The first-order valence-corrected chi connectivity index (χ1v) is 16.2. The van der Waals surface area contributed by atoms with Crippen LogP contribution in [0.4, 0.5) is 0 Å². The highest BCUT2D eigenvalue weighted by atomic mass is 32.2. The fourth-order valence-electron chi connectivity index (χ4n) is 5.84. The number of hydrogen-bond donors (Lipinski definition) is 1. The predicted octanol–water partition coefficient (Wildman–Crippen LogP) is 6.78. The maximum atomic E-state index is 14.5. The Morgan fingerprint density at radius 3 is 2.18 bits per heavy atom. The second-order valence-corrected chi connectivity index (χ2v) is 14.0. The fraction of sp³-hybridized carbons (Fsp3) is 0.243. The summed E-state index contributed by atoms with van der Waals surface area (Å²) in [6.45, 7) is 7.27. The number of sulfonamides is 1. The van der Waals surface area contributed by atoms with Crippen molar-refractivity contribution in [2.24, 2.45) is 5.41 Å². The van der Waals surface area contributed by atoms with Crippen LogP contribution in [0.1, 0.15) is 43.4 Å². The van der Waals surface area contributed by atoms with Gasteiger partial charge in [0, 0.05) is 5.92 Å². The van der Waals surface area contributed by atoms with E-state index in [9.17, 15) is 18.0 Å². The van der Waals surface area contributed by atoms with Gasteiger partial charge in [-0.3, -0.25) is 9.52 Å². The number of rotatable bonds is 8.